The molecule has 1 saturated carbocycles. The highest BCUT2D eigenvalue weighted by atomic mass is 16.3. The molecule has 14 rings (SSSR count). The Morgan fingerprint density at radius 3 is 1.47 bits per heavy atom. The molecule has 2 unspecified atom stereocenters. The molecular formula is C64H58BN3O2. The van der Waals surface area contributed by atoms with Crippen LogP contribution < -0.4 is 31.1 Å². The molecule has 1 fully saturated rings. The Kier molecular flexibility index (Phi) is 8.49. The number of hydrogen-bond acceptors (Lipinski definition) is 5. The number of furan rings is 2. The molecule has 3 aliphatic heterocycles. The zero-order valence-electron chi connectivity index (χ0n) is 41.6. The molecule has 5 nitrogen and oxygen atoms in total. The van der Waals surface area contributed by atoms with Crippen LogP contribution in [0.25, 0.3) is 43.9 Å². The number of benzene rings is 8. The molecule has 8 aromatic carbocycles. The summed E-state index contributed by atoms with van der Waals surface area (Å²) in [5.41, 5.74) is 20.7. The first-order valence-electron chi connectivity index (χ1n) is 25.5. The molecule has 0 spiro atoms. The molecule has 70 heavy (non-hydrogen) atoms. The molecule has 0 N–H and O–H groups in total. The molecule has 0 radical (unpaired) electrons. The third-order valence-corrected chi connectivity index (χ3v) is 17.3. The van der Waals surface area contributed by atoms with Crippen molar-refractivity contribution in [1.82, 2.24) is 0 Å². The quantitative estimate of drug-likeness (QED) is 0.165. The van der Waals surface area contributed by atoms with E-state index in [1.165, 1.54) is 80.0 Å². The molecule has 344 valence electrons. The summed E-state index contributed by atoms with van der Waals surface area (Å²) < 4.78 is 13.4. The fourth-order valence-corrected chi connectivity index (χ4v) is 13.4. The minimum absolute atomic E-state index is 0.0159. The molecule has 2 aromatic heterocycles. The number of rotatable bonds is 3. The van der Waals surface area contributed by atoms with Gasteiger partial charge in [-0.2, -0.15) is 0 Å². The third-order valence-electron chi connectivity index (χ3n) is 17.3. The van der Waals surface area contributed by atoms with Gasteiger partial charge in [0.2, 0.25) is 0 Å². The van der Waals surface area contributed by atoms with Crippen LogP contribution in [0, 0.1) is 0 Å². The molecule has 0 saturated heterocycles. The molecule has 1 aliphatic carbocycles. The van der Waals surface area contributed by atoms with Crippen molar-refractivity contribution in [2.75, 3.05) is 14.7 Å². The summed E-state index contributed by atoms with van der Waals surface area (Å²) in [6.07, 6.45) is 4.72. The fraction of sp³-hybridized carbons (Fsp3) is 0.250. The van der Waals surface area contributed by atoms with Gasteiger partial charge in [0.05, 0.1) is 5.54 Å². The average Bonchev–Trinajstić information content (AvgIpc) is 3.98. The lowest BCUT2D eigenvalue weighted by atomic mass is 9.33. The summed E-state index contributed by atoms with van der Waals surface area (Å²) in [6, 6.07) is 59.6. The van der Waals surface area contributed by atoms with Gasteiger partial charge >= 0.3 is 0 Å². The summed E-state index contributed by atoms with van der Waals surface area (Å²) in [6.45, 7) is 19.1. The first-order valence-corrected chi connectivity index (χ1v) is 25.5. The highest BCUT2D eigenvalue weighted by molar-refractivity contribution is 7.00. The standard InChI is InChI=1S/C64H58BN3O2/c1-61(2,3)39-23-29-49-52(33-39)66(41-25-27-46-44-17-9-13-21-56(44)69-58(46)37-41)54-35-43(68-51-20-12-11-19-48(51)63(7)31-15-16-32-64(63,68)8)36-55-60(54)65(49)50-30-24-40(62(4,5)6)34-53(50)67(55)42-26-28-47-45-18-10-14-22-57(45)70-59(47)38-42/h9-14,17-30,33-38H,15-16,31-32H2,1-8H3. The van der Waals surface area contributed by atoms with E-state index in [9.17, 15) is 0 Å². The summed E-state index contributed by atoms with van der Waals surface area (Å²) in [5, 5.41) is 4.53. The van der Waals surface area contributed by atoms with E-state index in [1.54, 1.807) is 0 Å². The van der Waals surface area contributed by atoms with E-state index in [0.717, 1.165) is 68.1 Å². The first-order chi connectivity index (χ1) is 33.7. The molecule has 0 amide bonds. The van der Waals surface area contributed by atoms with Crippen molar-refractivity contribution < 1.29 is 8.83 Å². The largest absolute Gasteiger partial charge is 0.456 e. The maximum Gasteiger partial charge on any atom is 0.252 e. The van der Waals surface area contributed by atoms with E-state index in [4.69, 9.17) is 8.83 Å². The Labute approximate surface area is 411 Å². The van der Waals surface area contributed by atoms with Gasteiger partial charge in [0.15, 0.2) is 0 Å². The summed E-state index contributed by atoms with van der Waals surface area (Å²) in [4.78, 5) is 7.92. The van der Waals surface area contributed by atoms with Gasteiger partial charge in [-0.25, -0.2) is 0 Å². The lowest BCUT2D eigenvalue weighted by Gasteiger charge is -2.51. The van der Waals surface area contributed by atoms with Gasteiger partial charge in [-0.3, -0.25) is 0 Å². The Bertz CT molecular complexity index is 3640. The van der Waals surface area contributed by atoms with E-state index in [2.05, 4.69) is 228 Å². The number of fused-ring (bicyclic) bond motifs is 13. The van der Waals surface area contributed by atoms with Gasteiger partial charge < -0.3 is 23.5 Å². The van der Waals surface area contributed by atoms with Crippen molar-refractivity contribution in [2.45, 2.75) is 103 Å². The third kappa shape index (κ3) is 5.68. The van der Waals surface area contributed by atoms with E-state index < -0.39 is 0 Å². The van der Waals surface area contributed by atoms with Gasteiger partial charge in [0, 0.05) is 84.6 Å². The number of anilines is 8. The molecule has 6 heteroatoms. The minimum Gasteiger partial charge on any atom is -0.456 e. The smallest absolute Gasteiger partial charge is 0.252 e. The second-order valence-electron chi connectivity index (χ2n) is 23.3. The second-order valence-corrected chi connectivity index (χ2v) is 23.3. The maximum atomic E-state index is 6.71. The van der Waals surface area contributed by atoms with E-state index in [0.29, 0.717) is 0 Å². The highest BCUT2D eigenvalue weighted by Crippen LogP contribution is 2.62. The van der Waals surface area contributed by atoms with Crippen LogP contribution in [-0.4, -0.2) is 12.3 Å². The van der Waals surface area contributed by atoms with Crippen LogP contribution in [0.2, 0.25) is 0 Å². The van der Waals surface area contributed by atoms with Crippen molar-refractivity contribution in [3.63, 3.8) is 0 Å². The Balaban J connectivity index is 1.12. The van der Waals surface area contributed by atoms with Crippen molar-refractivity contribution in [2.24, 2.45) is 0 Å². The monoisotopic (exact) mass is 911 g/mol. The van der Waals surface area contributed by atoms with E-state index in [1.807, 2.05) is 0 Å². The van der Waals surface area contributed by atoms with Crippen LogP contribution in [0.1, 0.15) is 97.8 Å². The van der Waals surface area contributed by atoms with Crippen LogP contribution in [0.15, 0.2) is 167 Å². The SMILES string of the molecule is CC(C)(C)c1ccc2c(c1)N(c1ccc3c(c1)oc1ccccc13)c1cc(N3c4ccccc4C4(C)CCCCC34C)cc3c1B2c1ccc(C(C)(C)C)cc1N3c1ccc2c(c1)oc1ccccc12. The molecule has 5 heterocycles. The molecular weight excluding hydrogens is 854 g/mol. The number of para-hydroxylation sites is 3. The van der Waals surface area contributed by atoms with Gasteiger partial charge in [-0.05, 0) is 130 Å². The van der Waals surface area contributed by atoms with Gasteiger partial charge in [-0.15, -0.1) is 0 Å². The van der Waals surface area contributed by atoms with Crippen LogP contribution in [0.3, 0.4) is 0 Å². The summed E-state index contributed by atoms with van der Waals surface area (Å²) in [5.74, 6) is 0. The van der Waals surface area contributed by atoms with E-state index in [-0.39, 0.29) is 28.5 Å². The van der Waals surface area contributed by atoms with Crippen molar-refractivity contribution in [3.05, 3.63) is 174 Å². The fourth-order valence-electron chi connectivity index (χ4n) is 13.4. The van der Waals surface area contributed by atoms with Gasteiger partial charge in [-0.1, -0.05) is 140 Å². The van der Waals surface area contributed by atoms with Crippen molar-refractivity contribution >= 4 is 112 Å². The Morgan fingerprint density at radius 1 is 0.443 bits per heavy atom. The second kappa shape index (κ2) is 14.2. The number of hydrogen-bond donors (Lipinski definition) is 0. The minimum atomic E-state index is -0.150. The van der Waals surface area contributed by atoms with Crippen LogP contribution in [0.5, 0.6) is 0 Å². The average molecular weight is 912 g/mol. The lowest BCUT2D eigenvalue weighted by Crippen LogP contribution is -2.61. The van der Waals surface area contributed by atoms with Crippen molar-refractivity contribution in [1.29, 1.82) is 0 Å². The first kappa shape index (κ1) is 41.8. The molecule has 4 aliphatic rings. The number of nitrogens with zero attached hydrogens (tertiary/aromatic N) is 3. The normalized spacial score (nSPS) is 19.5. The van der Waals surface area contributed by atoms with Crippen LogP contribution >= 0.6 is 0 Å². The lowest BCUT2D eigenvalue weighted by molar-refractivity contribution is 0.195. The van der Waals surface area contributed by atoms with Crippen molar-refractivity contribution in [3.8, 4) is 0 Å². The molecule has 10 aromatic rings. The predicted octanol–water partition coefficient (Wildman–Crippen LogP) is 15.9. The zero-order chi connectivity index (χ0) is 47.6. The van der Waals surface area contributed by atoms with Gasteiger partial charge in [0.1, 0.15) is 22.3 Å². The Morgan fingerprint density at radius 2 is 0.929 bits per heavy atom. The topological polar surface area (TPSA) is 36.0 Å². The van der Waals surface area contributed by atoms with Crippen LogP contribution in [0.4, 0.5) is 45.5 Å². The maximum absolute atomic E-state index is 6.71. The van der Waals surface area contributed by atoms with Gasteiger partial charge in [0.25, 0.3) is 6.71 Å². The Hall–Kier alpha value is -7.18. The molecule has 0 bridgehead atoms. The molecule has 2 atom stereocenters. The van der Waals surface area contributed by atoms with Crippen LogP contribution in [-0.2, 0) is 16.2 Å². The summed E-state index contributed by atoms with van der Waals surface area (Å²) >= 11 is 0. The van der Waals surface area contributed by atoms with E-state index >= 15 is 0 Å². The predicted molar refractivity (Wildman–Crippen MR) is 295 cm³/mol. The highest BCUT2D eigenvalue weighted by Gasteiger charge is 2.58. The summed E-state index contributed by atoms with van der Waals surface area (Å²) in [7, 11) is 0. The zero-order valence-corrected chi connectivity index (χ0v) is 41.6.